The molecule has 0 aliphatic heterocycles. The molecule has 74 heavy (non-hydrogen) atoms. The Morgan fingerprint density at radius 3 is 1.54 bits per heavy atom. The van der Waals surface area contributed by atoms with E-state index in [4.69, 9.17) is 17.3 Å². The summed E-state index contributed by atoms with van der Waals surface area (Å²) >= 11 is 6.06. The van der Waals surface area contributed by atoms with Crippen LogP contribution in [0.25, 0.3) is 10.8 Å². The SMILES string of the molecule is Nc1c(N=Nc2ccc(S(=O)(=O)[O-])cc2)c(S(=O)(=O)[O-])cc2cc(S(=O)(=O)[O-])c(N=Nc3cc(Nc4nc(Cl)nc(Nc5ccc(S(=O)(=O)CCOS(=O)(=O)[O-])cc5)n4)ccc3S(=O)(=O)[O-])c(O)c12.[Na+].[Na+].[Na+].[Na+].[Na+]. The molecule has 6 aromatic rings. The fraction of sp³-hybridized carbons (Fsp3) is 0.0606. The molecule has 41 heteroatoms. The van der Waals surface area contributed by atoms with Gasteiger partial charge >= 0.3 is 148 Å². The van der Waals surface area contributed by atoms with Crippen molar-refractivity contribution in [2.75, 3.05) is 28.7 Å². The van der Waals surface area contributed by atoms with Crippen molar-refractivity contribution < 1.29 is 230 Å². The smallest absolute Gasteiger partial charge is 0.744 e. The van der Waals surface area contributed by atoms with Gasteiger partial charge in [0.1, 0.15) is 57.5 Å². The number of aromatic nitrogens is 3. The maximum absolute atomic E-state index is 12.5. The van der Waals surface area contributed by atoms with Gasteiger partial charge in [-0.05, 0) is 95.8 Å². The van der Waals surface area contributed by atoms with Crippen LogP contribution in [0.3, 0.4) is 0 Å². The normalized spacial score (nSPS) is 12.2. The minimum atomic E-state index is -5.75. The van der Waals surface area contributed by atoms with Gasteiger partial charge in [-0.25, -0.2) is 50.5 Å². The van der Waals surface area contributed by atoms with Crippen molar-refractivity contribution in [2.45, 2.75) is 24.5 Å². The molecule has 0 radical (unpaired) electrons. The largest absolute Gasteiger partial charge is 1.00 e. The molecule has 29 nitrogen and oxygen atoms in total. The fourth-order valence-electron chi connectivity index (χ4n) is 5.70. The number of azo groups is 2. The molecule has 366 valence electrons. The number of nitrogens with two attached hydrogens (primary N) is 1. The van der Waals surface area contributed by atoms with E-state index in [1.165, 1.54) is 12.1 Å². The summed E-state index contributed by atoms with van der Waals surface area (Å²) in [5.74, 6) is -2.86. The summed E-state index contributed by atoms with van der Waals surface area (Å²) in [6.45, 7) is -0.936. The van der Waals surface area contributed by atoms with Crippen molar-refractivity contribution in [3.63, 3.8) is 0 Å². The predicted molar refractivity (Wildman–Crippen MR) is 229 cm³/mol. The molecular weight excluding hydrogens is 1180 g/mol. The number of phenols is 1. The molecule has 0 saturated carbocycles. The average Bonchev–Trinajstić information content (AvgIpc) is 3.21. The van der Waals surface area contributed by atoms with Crippen molar-refractivity contribution in [2.24, 2.45) is 20.5 Å². The number of anilines is 5. The van der Waals surface area contributed by atoms with Crippen molar-refractivity contribution in [3.05, 3.63) is 84.1 Å². The predicted octanol–water partition coefficient (Wildman–Crippen LogP) is -11.8. The Labute approximate surface area is 535 Å². The Kier molecular flexibility index (Phi) is 26.3. The number of sulfone groups is 1. The van der Waals surface area contributed by atoms with Gasteiger partial charge in [-0.2, -0.15) is 20.1 Å². The second kappa shape index (κ2) is 27.6. The molecule has 0 amide bonds. The zero-order valence-electron chi connectivity index (χ0n) is 38.3. The molecule has 0 bridgehead atoms. The second-order valence-electron chi connectivity index (χ2n) is 13.3. The third-order valence-electron chi connectivity index (χ3n) is 8.64. The number of hydrogen-bond donors (Lipinski definition) is 4. The zero-order valence-corrected chi connectivity index (χ0v) is 53.9. The van der Waals surface area contributed by atoms with E-state index >= 15 is 0 Å². The van der Waals surface area contributed by atoms with Gasteiger partial charge in [-0.3, -0.25) is 4.18 Å². The van der Waals surface area contributed by atoms with Gasteiger partial charge in [-0.15, -0.1) is 15.3 Å². The van der Waals surface area contributed by atoms with Crippen LogP contribution < -0.4 is 164 Å². The minimum Gasteiger partial charge on any atom is -0.744 e. The molecular formula is C33H22ClN10Na5O19S6. The summed E-state index contributed by atoms with van der Waals surface area (Å²) in [5, 5.41) is 29.3. The first-order valence-electron chi connectivity index (χ1n) is 17.7. The van der Waals surface area contributed by atoms with Gasteiger partial charge in [0, 0.05) is 11.4 Å². The number of nitrogens with one attached hydrogen (secondary N) is 2. The fourth-order valence-corrected chi connectivity index (χ4v) is 9.70. The molecule has 0 spiro atoms. The number of phenolic OH excluding ortho intramolecular Hbond substituents is 1. The summed E-state index contributed by atoms with van der Waals surface area (Å²) in [5.41, 5.74) is 1.84. The minimum absolute atomic E-state index is 0. The molecule has 5 aromatic carbocycles. The quantitative estimate of drug-likeness (QED) is 0.0217. The first-order valence-corrected chi connectivity index (χ1v) is 26.7. The van der Waals surface area contributed by atoms with E-state index in [1.807, 2.05) is 0 Å². The van der Waals surface area contributed by atoms with Crippen LogP contribution in [-0.2, 0) is 64.9 Å². The molecule has 0 unspecified atom stereocenters. The van der Waals surface area contributed by atoms with Crippen LogP contribution >= 0.6 is 11.6 Å². The van der Waals surface area contributed by atoms with Crippen LogP contribution in [-0.4, -0.2) is 106 Å². The summed E-state index contributed by atoms with van der Waals surface area (Å²) in [6, 6.07) is 11.6. The number of fused-ring (bicyclic) bond motifs is 1. The molecule has 5 N–H and O–H groups in total. The standard InChI is InChI=1S/C33H27ClN10O19S6.5Na/c34-31-38-32(36-17-1-6-20(7-2-17)64(46,47)12-11-63-69(60,61)62)40-33(39-31)37-19-5-10-23(66(51,52)53)22(15-19)42-44-29-25(68(57,58)59)14-16-13-24(67(54,55)56)28(27(35)26(16)30(29)45)43-41-18-3-8-21(9-4-18)65(48,49)50;;;;;/h1-10,13-15,45H,11-12,35H2,(H,48,49,50)(H,51,52,53)(H,54,55,56)(H,57,58,59)(H,60,61,62)(H2,36,37,38,39,40);;;;;/q;5*+1/p-5. The van der Waals surface area contributed by atoms with E-state index < -0.39 is 137 Å². The third-order valence-corrected chi connectivity index (χ3v) is 14.4. The van der Waals surface area contributed by atoms with Crippen LogP contribution in [0.2, 0.25) is 5.28 Å². The van der Waals surface area contributed by atoms with E-state index in [9.17, 15) is 78.4 Å². The number of hydrogen-bond acceptors (Lipinski definition) is 29. The molecule has 0 aliphatic rings. The third kappa shape index (κ3) is 18.6. The van der Waals surface area contributed by atoms with Gasteiger partial charge in [0.15, 0.2) is 15.6 Å². The van der Waals surface area contributed by atoms with Crippen LogP contribution in [0.5, 0.6) is 5.75 Å². The maximum Gasteiger partial charge on any atom is 1.00 e. The summed E-state index contributed by atoms with van der Waals surface area (Å²) in [6.07, 6.45) is 0. The van der Waals surface area contributed by atoms with Gasteiger partial charge in [-0.1, -0.05) is 0 Å². The van der Waals surface area contributed by atoms with E-state index in [1.54, 1.807) is 0 Å². The van der Waals surface area contributed by atoms with Crippen molar-refractivity contribution in [1.82, 2.24) is 15.0 Å². The first-order chi connectivity index (χ1) is 31.8. The van der Waals surface area contributed by atoms with Crippen molar-refractivity contribution in [3.8, 4) is 5.75 Å². The van der Waals surface area contributed by atoms with Crippen LogP contribution in [0.4, 0.5) is 51.7 Å². The molecule has 1 heterocycles. The molecule has 1 aromatic heterocycles. The Hall–Kier alpha value is -1.48. The number of nitrogen functional groups attached to an aromatic ring is 1. The van der Waals surface area contributed by atoms with Gasteiger partial charge in [0.05, 0.1) is 53.6 Å². The molecule has 0 fully saturated rings. The number of aromatic hydroxyl groups is 1. The summed E-state index contributed by atoms with van der Waals surface area (Å²) < 4.78 is 206. The van der Waals surface area contributed by atoms with Gasteiger partial charge in [0.25, 0.3) is 0 Å². The topological polar surface area (TPSA) is 488 Å². The molecule has 0 saturated heterocycles. The van der Waals surface area contributed by atoms with E-state index in [0.29, 0.717) is 18.2 Å². The average molecular weight is 1210 g/mol. The summed E-state index contributed by atoms with van der Waals surface area (Å²) in [7, 11) is -30.9. The Morgan fingerprint density at radius 1 is 0.568 bits per heavy atom. The van der Waals surface area contributed by atoms with Crippen molar-refractivity contribution >= 4 is 135 Å². The van der Waals surface area contributed by atoms with Gasteiger partial charge in [0.2, 0.25) is 27.6 Å². The van der Waals surface area contributed by atoms with Crippen LogP contribution in [0, 0.1) is 0 Å². The Bertz CT molecular complexity index is 3860. The molecule has 0 aliphatic carbocycles. The summed E-state index contributed by atoms with van der Waals surface area (Å²) in [4.78, 5) is 7.04. The van der Waals surface area contributed by atoms with Crippen LogP contribution in [0.15, 0.2) is 124 Å². The zero-order chi connectivity index (χ0) is 51.1. The maximum atomic E-state index is 12.5. The van der Waals surface area contributed by atoms with E-state index in [0.717, 1.165) is 48.5 Å². The first kappa shape index (κ1) is 70.5. The number of rotatable bonds is 17. The van der Waals surface area contributed by atoms with E-state index in [-0.39, 0.29) is 182 Å². The van der Waals surface area contributed by atoms with E-state index in [2.05, 4.69) is 50.2 Å². The number of benzene rings is 5. The second-order valence-corrected chi connectivity index (χ2v) is 22.2. The molecule has 6 rings (SSSR count). The van der Waals surface area contributed by atoms with Crippen LogP contribution in [0.1, 0.15) is 0 Å². The number of nitrogens with zero attached hydrogens (tertiary/aromatic N) is 7. The Balaban J connectivity index is 0.00000548. The number of halogens is 1. The monoisotopic (exact) mass is 1200 g/mol. The van der Waals surface area contributed by atoms with Gasteiger partial charge < -0.3 is 44.2 Å². The molecule has 0 atom stereocenters. The van der Waals surface area contributed by atoms with Crippen molar-refractivity contribution in [1.29, 1.82) is 0 Å². The Morgan fingerprint density at radius 2 is 1.04 bits per heavy atom.